The van der Waals surface area contributed by atoms with E-state index in [1.807, 2.05) is 42.0 Å². The van der Waals surface area contributed by atoms with Crippen LogP contribution < -0.4 is 5.56 Å². The molecule has 0 N–H and O–H groups in total. The minimum absolute atomic E-state index is 0.0267. The molecule has 24 heavy (non-hydrogen) atoms. The highest BCUT2D eigenvalue weighted by Gasteiger charge is 2.25. The predicted molar refractivity (Wildman–Crippen MR) is 93.2 cm³/mol. The Hall–Kier alpha value is -2.95. The van der Waals surface area contributed by atoms with Crippen LogP contribution in [0.25, 0.3) is 27.7 Å². The molecule has 1 aliphatic carbocycles. The van der Waals surface area contributed by atoms with E-state index < -0.39 is 0 Å². The van der Waals surface area contributed by atoms with E-state index in [-0.39, 0.29) is 5.56 Å². The third kappa shape index (κ3) is 1.84. The highest BCUT2D eigenvalue weighted by atomic mass is 16.1. The fourth-order valence-electron chi connectivity index (χ4n) is 3.37. The summed E-state index contributed by atoms with van der Waals surface area (Å²) in [6.45, 7) is 1.98. The molecule has 0 saturated heterocycles. The Morgan fingerprint density at radius 1 is 1.12 bits per heavy atom. The zero-order valence-electron chi connectivity index (χ0n) is 13.3. The maximum Gasteiger partial charge on any atom is 0.261 e. The maximum absolute atomic E-state index is 12.7. The van der Waals surface area contributed by atoms with E-state index in [0.717, 1.165) is 40.8 Å². The molecular weight excluding hydrogens is 300 g/mol. The summed E-state index contributed by atoms with van der Waals surface area (Å²) >= 11 is 0. The van der Waals surface area contributed by atoms with Crippen molar-refractivity contribution in [3.63, 3.8) is 0 Å². The van der Waals surface area contributed by atoms with E-state index in [9.17, 15) is 4.79 Å². The fraction of sp³-hybridized carbons (Fsp3) is 0.211. The van der Waals surface area contributed by atoms with E-state index in [2.05, 4.69) is 22.2 Å². The monoisotopic (exact) mass is 316 g/mol. The topological polar surface area (TPSA) is 52.2 Å². The summed E-state index contributed by atoms with van der Waals surface area (Å²) in [5.74, 6) is 0. The van der Waals surface area contributed by atoms with Gasteiger partial charge in [0, 0.05) is 24.0 Å². The van der Waals surface area contributed by atoms with Crippen LogP contribution in [0.3, 0.4) is 0 Å². The Morgan fingerprint density at radius 2 is 1.92 bits per heavy atom. The summed E-state index contributed by atoms with van der Waals surface area (Å²) in [6, 6.07) is 12.5. The van der Waals surface area contributed by atoms with E-state index >= 15 is 0 Å². The Bertz CT molecular complexity index is 1140. The van der Waals surface area contributed by atoms with Crippen LogP contribution in [0.15, 0.2) is 53.6 Å². The summed E-state index contributed by atoms with van der Waals surface area (Å²) in [4.78, 5) is 17.3. The minimum Gasteiger partial charge on any atom is -0.312 e. The fourth-order valence-corrected chi connectivity index (χ4v) is 3.37. The third-order valence-electron chi connectivity index (χ3n) is 4.72. The first-order chi connectivity index (χ1) is 11.7. The van der Waals surface area contributed by atoms with Crippen LogP contribution in [-0.2, 0) is 0 Å². The lowest BCUT2D eigenvalue weighted by Gasteiger charge is -2.06. The van der Waals surface area contributed by atoms with Gasteiger partial charge in [0.15, 0.2) is 5.65 Å². The normalized spacial score (nSPS) is 14.5. The molecule has 0 aliphatic heterocycles. The standard InChI is InChI=1S/C19H16N4O/c1-12-17(13-5-3-2-4-6-13)18-20-11-15-16(23(18)21-12)9-10-22(19(15)24)14-7-8-14/h2-6,9-11,14H,7-8H2,1H3. The summed E-state index contributed by atoms with van der Waals surface area (Å²) < 4.78 is 3.62. The number of aryl methyl sites for hydroxylation is 1. The number of pyridine rings is 1. The molecule has 0 radical (unpaired) electrons. The number of hydrogen-bond donors (Lipinski definition) is 0. The Labute approximate surface area is 138 Å². The van der Waals surface area contributed by atoms with Crippen LogP contribution in [-0.4, -0.2) is 19.2 Å². The van der Waals surface area contributed by atoms with Crippen molar-refractivity contribution in [1.82, 2.24) is 19.2 Å². The van der Waals surface area contributed by atoms with Crippen LogP contribution in [0.1, 0.15) is 24.6 Å². The van der Waals surface area contributed by atoms with Crippen molar-refractivity contribution in [3.8, 4) is 11.1 Å². The molecule has 4 aromatic rings. The predicted octanol–water partition coefficient (Wildman–Crippen LogP) is 3.35. The van der Waals surface area contributed by atoms with Crippen molar-refractivity contribution in [1.29, 1.82) is 0 Å². The lowest BCUT2D eigenvalue weighted by Crippen LogP contribution is -2.19. The van der Waals surface area contributed by atoms with Crippen molar-refractivity contribution < 1.29 is 0 Å². The van der Waals surface area contributed by atoms with Crippen molar-refractivity contribution in [2.45, 2.75) is 25.8 Å². The summed E-state index contributed by atoms with van der Waals surface area (Å²) in [5.41, 5.74) is 4.64. The highest BCUT2D eigenvalue weighted by molar-refractivity contribution is 5.86. The summed E-state index contributed by atoms with van der Waals surface area (Å²) in [7, 11) is 0. The van der Waals surface area contributed by atoms with Crippen molar-refractivity contribution >= 4 is 16.6 Å². The largest absolute Gasteiger partial charge is 0.312 e. The van der Waals surface area contributed by atoms with Gasteiger partial charge in [-0.2, -0.15) is 5.10 Å². The summed E-state index contributed by atoms with van der Waals surface area (Å²) in [5, 5.41) is 5.28. The second-order valence-corrected chi connectivity index (χ2v) is 6.38. The maximum atomic E-state index is 12.7. The Morgan fingerprint density at radius 3 is 2.67 bits per heavy atom. The molecule has 0 amide bonds. The number of nitrogens with zero attached hydrogens (tertiary/aromatic N) is 4. The van der Waals surface area contributed by atoms with Gasteiger partial charge in [0.25, 0.3) is 5.56 Å². The van der Waals surface area contributed by atoms with Gasteiger partial charge < -0.3 is 4.57 Å². The molecule has 1 aromatic carbocycles. The molecule has 0 bridgehead atoms. The third-order valence-corrected chi connectivity index (χ3v) is 4.72. The second-order valence-electron chi connectivity index (χ2n) is 6.38. The van der Waals surface area contributed by atoms with Gasteiger partial charge in [0.2, 0.25) is 0 Å². The molecule has 1 saturated carbocycles. The molecule has 1 aliphatic rings. The first-order valence-corrected chi connectivity index (χ1v) is 8.18. The van der Waals surface area contributed by atoms with Crippen molar-refractivity contribution in [2.75, 3.05) is 0 Å². The van der Waals surface area contributed by atoms with Gasteiger partial charge in [-0.3, -0.25) is 4.79 Å². The molecule has 5 heteroatoms. The molecular formula is C19H16N4O. The first kappa shape index (κ1) is 13.5. The van der Waals surface area contributed by atoms with Gasteiger partial charge in [0.1, 0.15) is 0 Å². The molecule has 5 rings (SSSR count). The molecule has 0 unspecified atom stereocenters. The van der Waals surface area contributed by atoms with Gasteiger partial charge in [-0.15, -0.1) is 0 Å². The first-order valence-electron chi connectivity index (χ1n) is 8.18. The van der Waals surface area contributed by atoms with Gasteiger partial charge in [-0.25, -0.2) is 9.50 Å². The lowest BCUT2D eigenvalue weighted by molar-refractivity contribution is 0.713. The van der Waals surface area contributed by atoms with E-state index in [1.54, 1.807) is 10.7 Å². The molecule has 3 aromatic heterocycles. The van der Waals surface area contributed by atoms with Crippen LogP contribution in [0, 0.1) is 6.92 Å². The number of rotatable bonds is 2. The number of fused-ring (bicyclic) bond motifs is 3. The number of aromatic nitrogens is 4. The average molecular weight is 316 g/mol. The second kappa shape index (κ2) is 4.77. The SMILES string of the molecule is Cc1nn2c(ncc3c(=O)n(C4CC4)ccc32)c1-c1ccccc1. The van der Waals surface area contributed by atoms with E-state index in [0.29, 0.717) is 11.4 Å². The number of hydrogen-bond acceptors (Lipinski definition) is 3. The quantitative estimate of drug-likeness (QED) is 0.570. The molecule has 0 spiro atoms. The number of benzene rings is 1. The Balaban J connectivity index is 1.84. The van der Waals surface area contributed by atoms with Crippen LogP contribution >= 0.6 is 0 Å². The van der Waals surface area contributed by atoms with Crippen molar-refractivity contribution in [2.24, 2.45) is 0 Å². The van der Waals surface area contributed by atoms with Gasteiger partial charge in [0.05, 0.1) is 16.6 Å². The molecule has 0 atom stereocenters. The van der Waals surface area contributed by atoms with Gasteiger partial charge in [-0.1, -0.05) is 30.3 Å². The van der Waals surface area contributed by atoms with Crippen LogP contribution in [0.4, 0.5) is 0 Å². The molecule has 3 heterocycles. The minimum atomic E-state index is 0.0267. The lowest BCUT2D eigenvalue weighted by atomic mass is 10.1. The molecule has 118 valence electrons. The van der Waals surface area contributed by atoms with E-state index in [4.69, 9.17) is 0 Å². The van der Waals surface area contributed by atoms with Crippen LogP contribution in [0.2, 0.25) is 0 Å². The molecule has 1 fully saturated rings. The smallest absolute Gasteiger partial charge is 0.261 e. The molecule has 5 nitrogen and oxygen atoms in total. The van der Waals surface area contributed by atoms with E-state index in [1.165, 1.54) is 0 Å². The highest BCUT2D eigenvalue weighted by Crippen LogP contribution is 2.34. The summed E-state index contributed by atoms with van der Waals surface area (Å²) in [6.07, 6.45) is 5.75. The van der Waals surface area contributed by atoms with Crippen molar-refractivity contribution in [3.05, 3.63) is 64.8 Å². The average Bonchev–Trinajstić information content (AvgIpc) is 3.38. The van der Waals surface area contributed by atoms with Gasteiger partial charge in [-0.05, 0) is 31.4 Å². The zero-order valence-corrected chi connectivity index (χ0v) is 13.3. The van der Waals surface area contributed by atoms with Gasteiger partial charge >= 0.3 is 0 Å². The van der Waals surface area contributed by atoms with Crippen LogP contribution in [0.5, 0.6) is 0 Å². The zero-order chi connectivity index (χ0) is 16.3. The Kier molecular flexibility index (Phi) is 2.68.